The fraction of sp³-hybridized carbons (Fsp3) is 0.167. The van der Waals surface area contributed by atoms with Gasteiger partial charge in [0.15, 0.2) is 11.5 Å². The van der Waals surface area contributed by atoms with Crippen LogP contribution in [0.4, 0.5) is 0 Å². The van der Waals surface area contributed by atoms with Gasteiger partial charge in [-0.25, -0.2) is 5.43 Å². The van der Waals surface area contributed by atoms with E-state index in [2.05, 4.69) is 15.8 Å². The second-order valence-electron chi connectivity index (χ2n) is 5.14. The van der Waals surface area contributed by atoms with Gasteiger partial charge in [0.25, 0.3) is 11.8 Å². The normalized spacial score (nSPS) is 10.4. The molecule has 8 heteroatoms. The maximum Gasteiger partial charge on any atom is 0.259 e. The minimum atomic E-state index is -0.478. The summed E-state index contributed by atoms with van der Waals surface area (Å²) in [7, 11) is 2.97. The molecule has 26 heavy (non-hydrogen) atoms. The molecule has 0 atom stereocenters. The maximum absolute atomic E-state index is 12.1. The summed E-state index contributed by atoms with van der Waals surface area (Å²) in [5.74, 6) is 0.162. The molecule has 0 aromatic heterocycles. The Labute approximate surface area is 150 Å². The van der Waals surface area contributed by atoms with Crippen molar-refractivity contribution < 1.29 is 24.2 Å². The largest absolute Gasteiger partial charge is 0.508 e. The van der Waals surface area contributed by atoms with Crippen LogP contribution in [0.15, 0.2) is 47.6 Å². The van der Waals surface area contributed by atoms with Gasteiger partial charge in [0.1, 0.15) is 5.75 Å². The van der Waals surface area contributed by atoms with Crippen molar-refractivity contribution in [2.75, 3.05) is 20.8 Å². The number of rotatable bonds is 7. The molecule has 2 amide bonds. The van der Waals surface area contributed by atoms with Crippen LogP contribution >= 0.6 is 0 Å². The van der Waals surface area contributed by atoms with Crippen LogP contribution in [0.3, 0.4) is 0 Å². The predicted octanol–water partition coefficient (Wildman–Crippen LogP) is 1.29. The van der Waals surface area contributed by atoms with Crippen LogP contribution in [0.2, 0.25) is 0 Å². The number of hydrogen-bond acceptors (Lipinski definition) is 6. The summed E-state index contributed by atoms with van der Waals surface area (Å²) in [6.45, 7) is -0.236. The Morgan fingerprint density at radius 3 is 2.42 bits per heavy atom. The third-order valence-electron chi connectivity index (χ3n) is 3.35. The number of hydrogen-bond donors (Lipinski definition) is 3. The third kappa shape index (κ3) is 5.23. The van der Waals surface area contributed by atoms with E-state index in [-0.39, 0.29) is 12.3 Å². The van der Waals surface area contributed by atoms with Gasteiger partial charge in [-0.05, 0) is 48.0 Å². The summed E-state index contributed by atoms with van der Waals surface area (Å²) in [6, 6.07) is 11.0. The van der Waals surface area contributed by atoms with Crippen LogP contribution in [0.5, 0.6) is 17.2 Å². The average molecular weight is 357 g/mol. The summed E-state index contributed by atoms with van der Waals surface area (Å²) in [6.07, 6.45) is 1.42. The molecule has 2 aromatic carbocycles. The molecular formula is C18H19N3O5. The molecule has 0 unspecified atom stereocenters. The van der Waals surface area contributed by atoms with E-state index in [1.165, 1.54) is 38.6 Å². The van der Waals surface area contributed by atoms with Crippen LogP contribution < -0.4 is 20.2 Å². The molecule has 8 nitrogen and oxygen atoms in total. The van der Waals surface area contributed by atoms with Crippen molar-refractivity contribution in [3.8, 4) is 17.2 Å². The van der Waals surface area contributed by atoms with Crippen LogP contribution in [-0.4, -0.2) is 43.9 Å². The summed E-state index contributed by atoms with van der Waals surface area (Å²) < 4.78 is 10.2. The number of benzene rings is 2. The van der Waals surface area contributed by atoms with Crippen molar-refractivity contribution in [2.45, 2.75) is 0 Å². The highest BCUT2D eigenvalue weighted by Gasteiger charge is 2.11. The number of carbonyl (C=O) groups excluding carboxylic acids is 2. The molecule has 0 spiro atoms. The molecule has 136 valence electrons. The van der Waals surface area contributed by atoms with Crippen LogP contribution in [0, 0.1) is 0 Å². The van der Waals surface area contributed by atoms with Crippen LogP contribution in [-0.2, 0) is 4.79 Å². The molecule has 0 saturated heterocycles. The number of phenols is 1. The Morgan fingerprint density at radius 2 is 1.77 bits per heavy atom. The van der Waals surface area contributed by atoms with E-state index in [9.17, 15) is 14.7 Å². The van der Waals surface area contributed by atoms with Gasteiger partial charge in [-0.15, -0.1) is 0 Å². The predicted molar refractivity (Wildman–Crippen MR) is 95.7 cm³/mol. The number of amides is 2. The van der Waals surface area contributed by atoms with Crippen molar-refractivity contribution in [3.63, 3.8) is 0 Å². The van der Waals surface area contributed by atoms with E-state index in [4.69, 9.17) is 9.47 Å². The lowest BCUT2D eigenvalue weighted by Crippen LogP contribution is -2.34. The van der Waals surface area contributed by atoms with Crippen molar-refractivity contribution in [1.29, 1.82) is 0 Å². The van der Waals surface area contributed by atoms with Crippen molar-refractivity contribution in [3.05, 3.63) is 53.6 Å². The Kier molecular flexibility index (Phi) is 6.55. The minimum absolute atomic E-state index is 0.143. The quantitative estimate of drug-likeness (QED) is 0.511. The van der Waals surface area contributed by atoms with Crippen molar-refractivity contribution >= 4 is 18.0 Å². The monoisotopic (exact) mass is 357 g/mol. The fourth-order valence-corrected chi connectivity index (χ4v) is 2.02. The first-order valence-electron chi connectivity index (χ1n) is 7.64. The number of aromatic hydroxyl groups is 1. The fourth-order valence-electron chi connectivity index (χ4n) is 2.02. The van der Waals surface area contributed by atoms with Gasteiger partial charge >= 0.3 is 0 Å². The van der Waals surface area contributed by atoms with E-state index in [0.29, 0.717) is 22.6 Å². The first-order valence-corrected chi connectivity index (χ1v) is 7.64. The van der Waals surface area contributed by atoms with E-state index >= 15 is 0 Å². The van der Waals surface area contributed by atoms with Crippen LogP contribution in [0.25, 0.3) is 0 Å². The highest BCUT2D eigenvalue weighted by atomic mass is 16.5. The van der Waals surface area contributed by atoms with E-state index in [1.54, 1.807) is 24.3 Å². The van der Waals surface area contributed by atoms with Gasteiger partial charge in [-0.1, -0.05) is 0 Å². The molecule has 0 aliphatic carbocycles. The van der Waals surface area contributed by atoms with Crippen LogP contribution in [0.1, 0.15) is 15.9 Å². The Balaban J connectivity index is 1.84. The number of nitrogens with one attached hydrogen (secondary N) is 2. The number of nitrogens with zero attached hydrogens (tertiary/aromatic N) is 1. The number of ether oxygens (including phenoxy) is 2. The molecule has 2 aromatic rings. The Bertz CT molecular complexity index is 803. The molecule has 3 N–H and O–H groups in total. The van der Waals surface area contributed by atoms with E-state index in [1.807, 2.05) is 0 Å². The summed E-state index contributed by atoms with van der Waals surface area (Å²) >= 11 is 0. The molecule has 0 aliphatic rings. The van der Waals surface area contributed by atoms with Gasteiger partial charge in [0.05, 0.1) is 27.0 Å². The first-order chi connectivity index (χ1) is 12.5. The summed E-state index contributed by atoms with van der Waals surface area (Å²) in [4.78, 5) is 23.8. The third-order valence-corrected chi connectivity index (χ3v) is 3.35. The standard InChI is InChI=1S/C18H19N3O5/c1-25-15-8-5-13(9-16(15)26-2)18(24)19-11-17(23)21-20-10-12-3-6-14(22)7-4-12/h3-10,22H,11H2,1-2H3,(H,19,24)(H,21,23)/b20-10+. The zero-order chi connectivity index (χ0) is 18.9. The number of hydrazone groups is 1. The molecule has 0 fully saturated rings. The van der Waals surface area contributed by atoms with E-state index in [0.717, 1.165) is 0 Å². The lowest BCUT2D eigenvalue weighted by atomic mass is 10.2. The zero-order valence-electron chi connectivity index (χ0n) is 14.4. The molecule has 2 rings (SSSR count). The average Bonchev–Trinajstić information content (AvgIpc) is 2.67. The highest BCUT2D eigenvalue weighted by molar-refractivity contribution is 5.97. The van der Waals surface area contributed by atoms with Gasteiger partial charge in [0, 0.05) is 5.56 Å². The molecule has 0 radical (unpaired) electrons. The van der Waals surface area contributed by atoms with Crippen molar-refractivity contribution in [2.24, 2.45) is 5.10 Å². The first kappa shape index (κ1) is 18.8. The second kappa shape index (κ2) is 9.07. The molecular weight excluding hydrogens is 338 g/mol. The lowest BCUT2D eigenvalue weighted by molar-refractivity contribution is -0.120. The molecule has 0 bridgehead atoms. The smallest absolute Gasteiger partial charge is 0.259 e. The van der Waals surface area contributed by atoms with Gasteiger partial charge in [-0.2, -0.15) is 5.10 Å². The highest BCUT2D eigenvalue weighted by Crippen LogP contribution is 2.27. The Hall–Kier alpha value is -3.55. The van der Waals surface area contributed by atoms with Gasteiger partial charge in [0.2, 0.25) is 0 Å². The SMILES string of the molecule is COc1ccc(C(=O)NCC(=O)N/N=C/c2ccc(O)cc2)cc1OC. The number of methoxy groups -OCH3 is 2. The molecule has 0 saturated carbocycles. The molecule has 0 heterocycles. The zero-order valence-corrected chi connectivity index (χ0v) is 14.4. The lowest BCUT2D eigenvalue weighted by Gasteiger charge is -2.09. The minimum Gasteiger partial charge on any atom is -0.508 e. The Morgan fingerprint density at radius 1 is 1.08 bits per heavy atom. The van der Waals surface area contributed by atoms with Gasteiger partial charge in [-0.3, -0.25) is 9.59 Å². The van der Waals surface area contributed by atoms with Crippen molar-refractivity contribution in [1.82, 2.24) is 10.7 Å². The maximum atomic E-state index is 12.1. The topological polar surface area (TPSA) is 109 Å². The van der Waals surface area contributed by atoms with Gasteiger partial charge < -0.3 is 19.9 Å². The number of carbonyl (C=O) groups is 2. The summed E-state index contributed by atoms with van der Waals surface area (Å²) in [5, 5.41) is 15.4. The summed E-state index contributed by atoms with van der Waals surface area (Å²) in [5.41, 5.74) is 3.34. The van der Waals surface area contributed by atoms with E-state index < -0.39 is 11.8 Å². The molecule has 0 aliphatic heterocycles. The number of phenolic OH excluding ortho intramolecular Hbond substituents is 1. The second-order valence-corrected chi connectivity index (χ2v) is 5.14.